The van der Waals surface area contributed by atoms with Crippen LogP contribution in [0.2, 0.25) is 0 Å². The number of phenols is 1. The maximum absolute atomic E-state index is 13.9. The van der Waals surface area contributed by atoms with E-state index in [1.807, 2.05) is 60.9 Å². The van der Waals surface area contributed by atoms with E-state index in [0.29, 0.717) is 47.3 Å². The molecule has 0 fully saturated rings. The Balaban J connectivity index is 1.05. The number of fused-ring (bicyclic) bond motifs is 5. The molecule has 3 heterocycles. The number of halogens is 1. The van der Waals surface area contributed by atoms with Crippen molar-refractivity contribution in [3.05, 3.63) is 95.8 Å². The van der Waals surface area contributed by atoms with Crippen LogP contribution in [0.25, 0.3) is 32.6 Å². The standard InChI is InChI=1S/C38H36ClN5O4S2/c1-38(2,50-49-3)13-12-34(46)40-24-8-10-28-21(14-24)16-30(42-28)36(47)41-25-9-11-29-22(15-25)17-31(43-29)37(48)44-20-23(19-39)35-27-7-5-4-6-26(27)33(45)18-32(35)44/h4-11,14-18,23,42-43,45H,12-13,19-20H2,1-3H3,(H,40,46)(H,41,47)/t23-/m1/s1. The van der Waals surface area contributed by atoms with Gasteiger partial charge in [-0.2, -0.15) is 0 Å². The summed E-state index contributed by atoms with van der Waals surface area (Å²) in [4.78, 5) is 47.8. The lowest BCUT2D eigenvalue weighted by atomic mass is 9.95. The molecule has 4 aromatic carbocycles. The molecule has 0 unspecified atom stereocenters. The minimum atomic E-state index is -0.320. The number of carbonyl (C=O) groups is 3. The molecule has 5 N–H and O–H groups in total. The highest BCUT2D eigenvalue weighted by molar-refractivity contribution is 8.76. The molecule has 50 heavy (non-hydrogen) atoms. The van der Waals surface area contributed by atoms with E-state index in [-0.39, 0.29) is 34.1 Å². The zero-order valence-corrected chi connectivity index (χ0v) is 30.1. The summed E-state index contributed by atoms with van der Waals surface area (Å²) < 4.78 is 0.00556. The van der Waals surface area contributed by atoms with Gasteiger partial charge in [-0.25, -0.2) is 0 Å². The second kappa shape index (κ2) is 13.6. The molecule has 7 rings (SSSR count). The SMILES string of the molecule is CSSC(C)(C)CCC(=O)Nc1ccc2[nH]c(C(=O)Nc3ccc4[nH]c(C(=O)N5C[C@@H](CCl)c6c5cc(O)c5ccccc65)cc4c3)cc2c1. The number of hydrogen-bond donors (Lipinski definition) is 5. The number of carbonyl (C=O) groups excluding carboxylic acids is 3. The highest BCUT2D eigenvalue weighted by Gasteiger charge is 2.35. The van der Waals surface area contributed by atoms with Gasteiger partial charge in [0.25, 0.3) is 11.8 Å². The van der Waals surface area contributed by atoms with Crippen LogP contribution in [0.15, 0.2) is 78.9 Å². The van der Waals surface area contributed by atoms with E-state index >= 15 is 0 Å². The summed E-state index contributed by atoms with van der Waals surface area (Å²) in [5.74, 6) is -0.222. The van der Waals surface area contributed by atoms with Crippen molar-refractivity contribution in [2.24, 2.45) is 0 Å². The third-order valence-electron chi connectivity index (χ3n) is 9.10. The van der Waals surface area contributed by atoms with Crippen molar-refractivity contribution >= 4 is 101 Å². The fourth-order valence-electron chi connectivity index (χ4n) is 6.65. The maximum atomic E-state index is 13.9. The van der Waals surface area contributed by atoms with E-state index in [2.05, 4.69) is 34.4 Å². The second-order valence-electron chi connectivity index (χ2n) is 13.1. The lowest BCUT2D eigenvalue weighted by Crippen LogP contribution is -2.30. The lowest BCUT2D eigenvalue weighted by Gasteiger charge is -2.21. The average Bonchev–Trinajstić information content (AvgIpc) is 3.82. The molecule has 0 saturated heterocycles. The Bertz CT molecular complexity index is 2300. The molecule has 0 aliphatic carbocycles. The summed E-state index contributed by atoms with van der Waals surface area (Å²) in [5.41, 5.74) is 5.14. The number of phenolic OH excluding ortho intramolecular Hbond substituents is 1. The molecule has 12 heteroatoms. The van der Waals surface area contributed by atoms with Gasteiger partial charge in [-0.3, -0.25) is 14.4 Å². The number of anilines is 3. The van der Waals surface area contributed by atoms with E-state index in [0.717, 1.165) is 44.6 Å². The van der Waals surface area contributed by atoms with Gasteiger partial charge in [0.15, 0.2) is 0 Å². The predicted molar refractivity (Wildman–Crippen MR) is 208 cm³/mol. The second-order valence-corrected chi connectivity index (χ2v) is 16.5. The van der Waals surface area contributed by atoms with Crippen LogP contribution in [0.4, 0.5) is 17.1 Å². The third-order valence-corrected chi connectivity index (χ3v) is 12.1. The van der Waals surface area contributed by atoms with E-state index in [1.54, 1.807) is 50.8 Å². The molecule has 0 radical (unpaired) electrons. The quantitative estimate of drug-likeness (QED) is 0.0707. The molecule has 1 atom stereocenters. The largest absolute Gasteiger partial charge is 0.507 e. The van der Waals surface area contributed by atoms with Crippen LogP contribution >= 0.6 is 33.2 Å². The van der Waals surface area contributed by atoms with Crippen molar-refractivity contribution in [3.63, 3.8) is 0 Å². The van der Waals surface area contributed by atoms with Gasteiger partial charge in [0.05, 0.1) is 5.69 Å². The average molecular weight is 726 g/mol. The number of aromatic amines is 2. The zero-order valence-electron chi connectivity index (χ0n) is 27.7. The van der Waals surface area contributed by atoms with Crippen molar-refractivity contribution in [1.29, 1.82) is 0 Å². The minimum Gasteiger partial charge on any atom is -0.507 e. The molecule has 256 valence electrons. The molecule has 9 nitrogen and oxygen atoms in total. The van der Waals surface area contributed by atoms with Gasteiger partial charge in [0.1, 0.15) is 17.1 Å². The van der Waals surface area contributed by atoms with Crippen molar-refractivity contribution < 1.29 is 19.5 Å². The number of amides is 3. The van der Waals surface area contributed by atoms with Gasteiger partial charge < -0.3 is 30.6 Å². The molecular weight excluding hydrogens is 690 g/mol. The Kier molecular flexibility index (Phi) is 9.23. The molecule has 0 bridgehead atoms. The highest BCUT2D eigenvalue weighted by atomic mass is 35.5. The summed E-state index contributed by atoms with van der Waals surface area (Å²) in [6.45, 7) is 4.67. The van der Waals surface area contributed by atoms with E-state index in [1.165, 1.54) is 0 Å². The topological polar surface area (TPSA) is 130 Å². The number of rotatable bonds is 10. The Morgan fingerprint density at radius 3 is 2.22 bits per heavy atom. The van der Waals surface area contributed by atoms with E-state index < -0.39 is 0 Å². The number of aromatic nitrogens is 2. The first kappa shape index (κ1) is 33.9. The van der Waals surface area contributed by atoms with Gasteiger partial charge in [-0.05, 0) is 86.0 Å². The van der Waals surface area contributed by atoms with Crippen LogP contribution in [0, 0.1) is 0 Å². The molecule has 0 spiro atoms. The van der Waals surface area contributed by atoms with Crippen molar-refractivity contribution in [2.45, 2.75) is 37.4 Å². The Morgan fingerprint density at radius 1 is 0.900 bits per heavy atom. The number of alkyl halides is 1. The summed E-state index contributed by atoms with van der Waals surface area (Å²) in [5, 5.41) is 19.9. The highest BCUT2D eigenvalue weighted by Crippen LogP contribution is 2.45. The van der Waals surface area contributed by atoms with Crippen molar-refractivity contribution in [1.82, 2.24) is 9.97 Å². The number of nitrogens with one attached hydrogen (secondary N) is 4. The first-order valence-electron chi connectivity index (χ1n) is 16.2. The minimum absolute atomic E-state index is 0.00556. The van der Waals surface area contributed by atoms with Gasteiger partial charge in [-0.15, -0.1) is 11.6 Å². The summed E-state index contributed by atoms with van der Waals surface area (Å²) >= 11 is 6.38. The maximum Gasteiger partial charge on any atom is 0.274 e. The molecule has 6 aromatic rings. The normalized spacial score (nSPS) is 14.4. The van der Waals surface area contributed by atoms with Crippen LogP contribution in [0.1, 0.15) is 59.1 Å². The molecule has 1 aliphatic rings. The third kappa shape index (κ3) is 6.65. The summed E-state index contributed by atoms with van der Waals surface area (Å²) in [7, 11) is 3.46. The number of aromatic hydroxyl groups is 1. The van der Waals surface area contributed by atoms with Crippen LogP contribution in [-0.2, 0) is 4.79 Å². The smallest absolute Gasteiger partial charge is 0.274 e. The number of nitrogens with zero attached hydrogens (tertiary/aromatic N) is 1. The molecule has 2 aromatic heterocycles. The van der Waals surface area contributed by atoms with Crippen LogP contribution in [0.5, 0.6) is 5.75 Å². The molecule has 0 saturated carbocycles. The fourth-order valence-corrected chi connectivity index (χ4v) is 9.14. The predicted octanol–water partition coefficient (Wildman–Crippen LogP) is 9.25. The van der Waals surface area contributed by atoms with Crippen LogP contribution in [-0.4, -0.2) is 56.2 Å². The lowest BCUT2D eigenvalue weighted by molar-refractivity contribution is -0.116. The van der Waals surface area contributed by atoms with Crippen LogP contribution in [0.3, 0.4) is 0 Å². The monoisotopic (exact) mass is 725 g/mol. The van der Waals surface area contributed by atoms with Crippen molar-refractivity contribution in [3.8, 4) is 5.75 Å². The van der Waals surface area contributed by atoms with Gasteiger partial charge in [0, 0.05) is 74.1 Å². The number of benzene rings is 4. The van der Waals surface area contributed by atoms with Crippen LogP contribution < -0.4 is 15.5 Å². The summed E-state index contributed by atoms with van der Waals surface area (Å²) in [6, 6.07) is 23.7. The Hall–Kier alpha value is -4.58. The Labute approximate surface area is 301 Å². The fraction of sp³-hybridized carbons (Fsp3) is 0.237. The molecule has 1 aliphatic heterocycles. The van der Waals surface area contributed by atoms with Gasteiger partial charge >= 0.3 is 0 Å². The summed E-state index contributed by atoms with van der Waals surface area (Å²) in [6.07, 6.45) is 3.22. The van der Waals surface area contributed by atoms with Gasteiger partial charge in [0.2, 0.25) is 5.91 Å². The number of hydrogen-bond acceptors (Lipinski definition) is 6. The molecule has 3 amide bonds. The molecular formula is C38H36ClN5O4S2. The first-order chi connectivity index (χ1) is 24.0. The van der Waals surface area contributed by atoms with Gasteiger partial charge in [-0.1, -0.05) is 45.9 Å². The van der Waals surface area contributed by atoms with Crippen molar-refractivity contribution in [2.75, 3.05) is 34.2 Å². The van der Waals surface area contributed by atoms with E-state index in [4.69, 9.17) is 11.6 Å². The zero-order chi connectivity index (χ0) is 35.2. The first-order valence-corrected chi connectivity index (χ1v) is 19.3. The Morgan fingerprint density at radius 2 is 1.54 bits per heavy atom. The number of H-pyrrole nitrogens is 2. The van der Waals surface area contributed by atoms with E-state index in [9.17, 15) is 19.5 Å².